The average Bonchev–Trinajstić information content (AvgIpc) is 2.54. The van der Waals surface area contributed by atoms with Crippen LogP contribution in [0.15, 0.2) is 24.3 Å². The number of hydrogen-bond acceptors (Lipinski definition) is 7. The molecule has 2 rings (SSSR count). The fraction of sp³-hybridized carbons (Fsp3) is 0.467. The highest BCUT2D eigenvalue weighted by molar-refractivity contribution is 5.73. The largest absolute Gasteiger partial charge is 0.463 e. The van der Waals surface area contributed by atoms with E-state index in [4.69, 9.17) is 14.7 Å². The molecule has 1 saturated heterocycles. The van der Waals surface area contributed by atoms with E-state index in [9.17, 15) is 20.1 Å². The molecule has 1 aromatic carbocycles. The zero-order valence-electron chi connectivity index (χ0n) is 12.4. The van der Waals surface area contributed by atoms with Gasteiger partial charge in [-0.2, -0.15) is 5.26 Å². The molecular weight excluding hydrogens is 304 g/mol. The molecule has 1 amide bonds. The Kier molecular flexibility index (Phi) is 5.52. The molecule has 0 radical (unpaired) electrons. The fourth-order valence-electron chi connectivity index (χ4n) is 2.31. The van der Waals surface area contributed by atoms with Crippen molar-refractivity contribution in [2.75, 3.05) is 6.61 Å². The second-order valence-corrected chi connectivity index (χ2v) is 5.19. The molecule has 0 spiro atoms. The van der Waals surface area contributed by atoms with Gasteiger partial charge in [0.15, 0.2) is 0 Å². The third-order valence-electron chi connectivity index (χ3n) is 3.49. The number of carbonyl (C=O) groups is 1. The number of rotatable bonds is 4. The number of aliphatic hydroxyl groups excluding tert-OH is 3. The molecule has 1 aromatic rings. The highest BCUT2D eigenvalue weighted by Gasteiger charge is 2.46. The summed E-state index contributed by atoms with van der Waals surface area (Å²) in [5.74, 6) is -0.0784. The van der Waals surface area contributed by atoms with Gasteiger partial charge < -0.3 is 30.1 Å². The third-order valence-corrected chi connectivity index (χ3v) is 3.49. The van der Waals surface area contributed by atoms with Crippen LogP contribution in [0.5, 0.6) is 5.75 Å². The maximum Gasteiger partial charge on any atom is 0.223 e. The van der Waals surface area contributed by atoms with Crippen LogP contribution < -0.4 is 10.1 Å². The Morgan fingerprint density at radius 1 is 1.35 bits per heavy atom. The van der Waals surface area contributed by atoms with Gasteiger partial charge in [-0.25, -0.2) is 0 Å². The van der Waals surface area contributed by atoms with E-state index in [1.807, 2.05) is 6.07 Å². The van der Waals surface area contributed by atoms with Crippen molar-refractivity contribution in [1.29, 1.82) is 5.26 Å². The van der Waals surface area contributed by atoms with Crippen molar-refractivity contribution in [1.82, 2.24) is 5.32 Å². The van der Waals surface area contributed by atoms with Crippen LogP contribution in [0.25, 0.3) is 0 Å². The molecule has 1 aliphatic heterocycles. The zero-order valence-corrected chi connectivity index (χ0v) is 12.4. The van der Waals surface area contributed by atoms with E-state index < -0.39 is 43.2 Å². The zero-order chi connectivity index (χ0) is 17.0. The highest BCUT2D eigenvalue weighted by Crippen LogP contribution is 2.24. The van der Waals surface area contributed by atoms with Crippen molar-refractivity contribution in [3.63, 3.8) is 0 Å². The van der Waals surface area contributed by atoms with E-state index in [1.165, 1.54) is 19.1 Å². The summed E-state index contributed by atoms with van der Waals surface area (Å²) in [6.45, 7) is 0.744. The maximum atomic E-state index is 11.3. The molecule has 0 bridgehead atoms. The van der Waals surface area contributed by atoms with Crippen LogP contribution in [-0.4, -0.2) is 58.5 Å². The van der Waals surface area contributed by atoms with Gasteiger partial charge in [-0.15, -0.1) is 0 Å². The van der Waals surface area contributed by atoms with Crippen LogP contribution in [0.3, 0.4) is 0 Å². The number of benzene rings is 1. The number of nitrogens with zero attached hydrogens (tertiary/aromatic N) is 1. The van der Waals surface area contributed by atoms with E-state index in [2.05, 4.69) is 5.32 Å². The van der Waals surface area contributed by atoms with Gasteiger partial charge in [0.1, 0.15) is 30.1 Å². The Balaban J connectivity index is 2.19. The smallest absolute Gasteiger partial charge is 0.223 e. The summed E-state index contributed by atoms with van der Waals surface area (Å²) in [6.07, 6.45) is -4.88. The molecule has 1 fully saturated rings. The average molecular weight is 322 g/mol. The Morgan fingerprint density at radius 3 is 2.52 bits per heavy atom. The molecule has 1 aliphatic rings. The first-order valence-corrected chi connectivity index (χ1v) is 7.02. The van der Waals surface area contributed by atoms with Crippen LogP contribution in [0, 0.1) is 11.3 Å². The molecule has 0 saturated carbocycles. The molecule has 0 aromatic heterocycles. The van der Waals surface area contributed by atoms with Gasteiger partial charge in [-0.1, -0.05) is 0 Å². The Labute approximate surface area is 132 Å². The van der Waals surface area contributed by atoms with Crippen LogP contribution in [-0.2, 0) is 9.53 Å². The normalized spacial score (nSPS) is 30.3. The second-order valence-electron chi connectivity index (χ2n) is 5.19. The molecule has 0 aliphatic carbocycles. The minimum absolute atomic E-state index is 0.352. The number of carbonyl (C=O) groups excluding carboxylic acids is 1. The molecule has 8 heteroatoms. The summed E-state index contributed by atoms with van der Waals surface area (Å²) >= 11 is 0. The number of nitrogens with one attached hydrogen (secondary N) is 1. The van der Waals surface area contributed by atoms with E-state index >= 15 is 0 Å². The summed E-state index contributed by atoms with van der Waals surface area (Å²) in [4.78, 5) is 11.3. The van der Waals surface area contributed by atoms with Gasteiger partial charge in [0.05, 0.1) is 18.2 Å². The van der Waals surface area contributed by atoms with Gasteiger partial charge in [0.25, 0.3) is 0 Å². The van der Waals surface area contributed by atoms with Gasteiger partial charge in [0, 0.05) is 6.92 Å². The molecule has 1 unspecified atom stereocenters. The van der Waals surface area contributed by atoms with Crippen LogP contribution >= 0.6 is 0 Å². The second kappa shape index (κ2) is 7.39. The minimum Gasteiger partial charge on any atom is -0.463 e. The minimum atomic E-state index is -1.37. The lowest BCUT2D eigenvalue weighted by molar-refractivity contribution is -0.244. The van der Waals surface area contributed by atoms with E-state index in [1.54, 1.807) is 12.1 Å². The summed E-state index contributed by atoms with van der Waals surface area (Å²) < 4.78 is 11.0. The predicted molar refractivity (Wildman–Crippen MR) is 77.2 cm³/mol. The molecule has 4 N–H and O–H groups in total. The Hall–Kier alpha value is -2.18. The van der Waals surface area contributed by atoms with Crippen molar-refractivity contribution >= 4 is 5.91 Å². The first-order valence-electron chi connectivity index (χ1n) is 7.02. The van der Waals surface area contributed by atoms with Crippen LogP contribution in [0.2, 0.25) is 0 Å². The standard InChI is InChI=1S/C15H18N2O6/c1-8(19)17-12-14(21)13(20)11(7-18)23-15(12)22-10-4-2-9(6-16)3-5-10/h2-5,11-15,18,20-21H,7H2,1H3,(H,17,19)/t11-,12-,13-,14-,15?/m1/s1. The fourth-order valence-corrected chi connectivity index (χ4v) is 2.31. The molecule has 1 heterocycles. The summed E-state index contributed by atoms with van der Waals surface area (Å²) in [7, 11) is 0. The highest BCUT2D eigenvalue weighted by atomic mass is 16.7. The number of amides is 1. The molecule has 124 valence electrons. The van der Waals surface area contributed by atoms with E-state index in [0.29, 0.717) is 11.3 Å². The summed E-state index contributed by atoms with van der Waals surface area (Å²) in [6, 6.07) is 7.12. The quantitative estimate of drug-likeness (QED) is 0.552. The van der Waals surface area contributed by atoms with Crippen molar-refractivity contribution in [3.8, 4) is 11.8 Å². The monoisotopic (exact) mass is 322 g/mol. The SMILES string of the molecule is CC(=O)N[C@H]1C(Oc2ccc(C#N)cc2)O[C@H](CO)[C@@H](O)[C@@H]1O. The lowest BCUT2D eigenvalue weighted by Crippen LogP contribution is -2.65. The van der Waals surface area contributed by atoms with E-state index in [-0.39, 0.29) is 0 Å². The van der Waals surface area contributed by atoms with Crippen molar-refractivity contribution in [2.45, 2.75) is 37.6 Å². The number of ether oxygens (including phenoxy) is 2. The molecule has 23 heavy (non-hydrogen) atoms. The predicted octanol–water partition coefficient (Wildman–Crippen LogP) is -1.12. The van der Waals surface area contributed by atoms with Crippen molar-refractivity contribution in [3.05, 3.63) is 29.8 Å². The van der Waals surface area contributed by atoms with Gasteiger partial charge >= 0.3 is 0 Å². The van der Waals surface area contributed by atoms with E-state index in [0.717, 1.165) is 0 Å². The van der Waals surface area contributed by atoms with Gasteiger partial charge in [-0.05, 0) is 24.3 Å². The Morgan fingerprint density at radius 2 is 2.00 bits per heavy atom. The third kappa shape index (κ3) is 3.97. The van der Waals surface area contributed by atoms with Crippen LogP contribution in [0.4, 0.5) is 0 Å². The van der Waals surface area contributed by atoms with Crippen molar-refractivity contribution < 1.29 is 29.6 Å². The lowest BCUT2D eigenvalue weighted by atomic mass is 9.97. The number of aliphatic hydroxyl groups is 3. The topological polar surface area (TPSA) is 132 Å². The summed E-state index contributed by atoms with van der Waals surface area (Å²) in [5, 5.41) is 40.5. The number of hydrogen-bond donors (Lipinski definition) is 4. The molecule has 5 atom stereocenters. The van der Waals surface area contributed by atoms with Gasteiger partial charge in [0.2, 0.25) is 12.2 Å². The van der Waals surface area contributed by atoms with Crippen LogP contribution in [0.1, 0.15) is 12.5 Å². The maximum absolute atomic E-state index is 11.3. The van der Waals surface area contributed by atoms with Crippen molar-refractivity contribution in [2.24, 2.45) is 0 Å². The molecule has 8 nitrogen and oxygen atoms in total. The summed E-state index contributed by atoms with van der Waals surface area (Å²) in [5.41, 5.74) is 0.448. The first-order chi connectivity index (χ1) is 11.0. The Bertz CT molecular complexity index is 585. The first kappa shape index (κ1) is 17.2. The lowest BCUT2D eigenvalue weighted by Gasteiger charge is -2.42. The number of nitriles is 1. The molecular formula is C15H18N2O6. The van der Waals surface area contributed by atoms with Gasteiger partial charge in [-0.3, -0.25) is 4.79 Å².